The number of benzene rings is 1. The van der Waals surface area contributed by atoms with Crippen molar-refractivity contribution in [2.24, 2.45) is 5.92 Å². The van der Waals surface area contributed by atoms with Gasteiger partial charge in [-0.2, -0.15) is 0 Å². The maximum absolute atomic E-state index is 14.8. The Labute approximate surface area is 314 Å². The molecule has 0 unspecified atom stereocenters. The number of anilines is 1. The fourth-order valence-corrected chi connectivity index (χ4v) is 9.64. The van der Waals surface area contributed by atoms with Crippen LogP contribution < -0.4 is 24.8 Å². The van der Waals surface area contributed by atoms with E-state index in [1.54, 1.807) is 37.4 Å². The standard InChI is InChI=1S/C39H47N7O7S/c1-24-32-27(28-20-26(52-3)12-13-29(28)42-24)14-15-38(53-32)22-31-33(47)44-39(35(49)45-54(50,51)37(2)16-17-37)21-25(39)10-7-5-4-6-8-11-30(34(48)46(31)23-38)43-36-40-18-9-19-41-36/h7,9-10,12-13,18-20,25,30-31H,4-6,8,11,14-17,21-23H2,1-3H3,(H,44,47)(H,45,49)(H,40,41,43)/b10-7-/t25-,30-,31-,38+,39+/m0/s1. The van der Waals surface area contributed by atoms with Gasteiger partial charge in [0.25, 0.3) is 5.91 Å². The molecule has 8 rings (SSSR count). The molecular formula is C39H47N7O7S. The number of hydrogen-bond acceptors (Lipinski definition) is 11. The minimum absolute atomic E-state index is 0.127. The Bertz CT molecular complexity index is 2140. The molecule has 3 fully saturated rings. The maximum Gasteiger partial charge on any atom is 0.259 e. The summed E-state index contributed by atoms with van der Waals surface area (Å²) in [7, 11) is -2.34. The third kappa shape index (κ3) is 6.53. The fourth-order valence-electron chi connectivity index (χ4n) is 8.33. The van der Waals surface area contributed by atoms with E-state index in [1.165, 1.54) is 0 Å². The van der Waals surface area contributed by atoms with Crippen molar-refractivity contribution in [2.75, 3.05) is 19.0 Å². The highest BCUT2D eigenvalue weighted by Gasteiger charge is 2.64. The van der Waals surface area contributed by atoms with Crippen LogP contribution in [0.25, 0.3) is 10.9 Å². The lowest BCUT2D eigenvalue weighted by atomic mass is 9.87. The smallest absolute Gasteiger partial charge is 0.259 e. The minimum atomic E-state index is -3.96. The van der Waals surface area contributed by atoms with Gasteiger partial charge in [0, 0.05) is 35.7 Å². The van der Waals surface area contributed by atoms with Gasteiger partial charge in [0.05, 0.1) is 29.6 Å². The number of aryl methyl sites for hydroxylation is 2. The van der Waals surface area contributed by atoms with E-state index in [9.17, 15) is 22.8 Å². The number of amides is 3. The first-order chi connectivity index (χ1) is 25.9. The molecule has 3 amide bonds. The van der Waals surface area contributed by atoms with Gasteiger partial charge in [-0.05, 0) is 89.5 Å². The molecule has 3 aliphatic heterocycles. The van der Waals surface area contributed by atoms with Gasteiger partial charge < -0.3 is 25.0 Å². The van der Waals surface area contributed by atoms with Crippen LogP contribution in [0.4, 0.5) is 5.95 Å². The highest BCUT2D eigenvalue weighted by atomic mass is 32.2. The maximum atomic E-state index is 14.8. The fraction of sp³-hybridized carbons (Fsp3) is 0.538. The number of rotatable bonds is 6. The average Bonchev–Trinajstić information content (AvgIpc) is 4.05. The van der Waals surface area contributed by atoms with Crippen molar-refractivity contribution >= 4 is 44.6 Å². The third-order valence-corrected chi connectivity index (χ3v) is 14.2. The van der Waals surface area contributed by atoms with Crippen molar-refractivity contribution in [3.05, 3.63) is 60.1 Å². The summed E-state index contributed by atoms with van der Waals surface area (Å²) in [5.74, 6) is -0.326. The quantitative estimate of drug-likeness (QED) is 0.311. The Morgan fingerprint density at radius 3 is 2.65 bits per heavy atom. The number of fused-ring (bicyclic) bond motifs is 5. The number of carbonyl (C=O) groups excluding carboxylic acids is 3. The molecule has 3 aromatic rings. The van der Waals surface area contributed by atoms with Gasteiger partial charge in [0.1, 0.15) is 34.7 Å². The molecule has 286 valence electrons. The van der Waals surface area contributed by atoms with Gasteiger partial charge in [-0.3, -0.25) is 19.1 Å². The van der Waals surface area contributed by atoms with E-state index in [0.29, 0.717) is 55.2 Å². The largest absolute Gasteiger partial charge is 0.497 e. The number of sulfonamides is 1. The SMILES string of the molecule is COc1ccc2nc(C)c3c(c2c1)CC[C@]1(C[C@H]2C(=O)N[C@]4(C(=O)NS(=O)(=O)C5(C)CC5)C[C@@H]4/C=C\CCCCC[C@H](Nc4ncccn4)C(=O)N2C1)O3. The number of hydrogen-bond donors (Lipinski definition) is 3. The molecule has 14 nitrogen and oxygen atoms in total. The summed E-state index contributed by atoms with van der Waals surface area (Å²) in [6.45, 7) is 3.64. The van der Waals surface area contributed by atoms with Crippen LogP contribution >= 0.6 is 0 Å². The van der Waals surface area contributed by atoms with Crippen LogP contribution in [0.3, 0.4) is 0 Å². The zero-order chi connectivity index (χ0) is 37.9. The third-order valence-electron chi connectivity index (χ3n) is 12.0. The number of pyridine rings is 1. The lowest BCUT2D eigenvalue weighted by Crippen LogP contribution is -2.58. The Balaban J connectivity index is 1.15. The molecule has 5 aliphatic rings. The van der Waals surface area contributed by atoms with Crippen molar-refractivity contribution in [1.82, 2.24) is 29.9 Å². The molecule has 1 saturated heterocycles. The predicted octanol–water partition coefficient (Wildman–Crippen LogP) is 3.88. The van der Waals surface area contributed by atoms with Gasteiger partial charge in [-0.1, -0.05) is 25.0 Å². The zero-order valence-corrected chi connectivity index (χ0v) is 31.7. The molecule has 0 bridgehead atoms. The second-order valence-electron chi connectivity index (χ2n) is 15.9. The van der Waals surface area contributed by atoms with Gasteiger partial charge in [-0.15, -0.1) is 0 Å². The molecule has 54 heavy (non-hydrogen) atoms. The Morgan fingerprint density at radius 2 is 1.89 bits per heavy atom. The van der Waals surface area contributed by atoms with Crippen molar-refractivity contribution in [3.8, 4) is 11.5 Å². The molecule has 0 radical (unpaired) electrons. The Kier molecular flexibility index (Phi) is 9.05. The van der Waals surface area contributed by atoms with Gasteiger partial charge in [0.2, 0.25) is 27.8 Å². The van der Waals surface area contributed by atoms with Gasteiger partial charge in [-0.25, -0.2) is 23.4 Å². The van der Waals surface area contributed by atoms with Crippen molar-refractivity contribution < 1.29 is 32.3 Å². The molecule has 5 heterocycles. The van der Waals surface area contributed by atoms with Crippen LogP contribution in [0.1, 0.15) is 82.4 Å². The number of ether oxygens (including phenoxy) is 2. The Hall–Kier alpha value is -4.79. The summed E-state index contributed by atoms with van der Waals surface area (Å²) in [4.78, 5) is 58.4. The van der Waals surface area contributed by atoms with Crippen LogP contribution in [-0.2, 0) is 30.8 Å². The molecule has 1 spiro atoms. The second kappa shape index (κ2) is 13.5. The normalized spacial score (nSPS) is 29.7. The molecule has 5 atom stereocenters. The van der Waals surface area contributed by atoms with E-state index in [-0.39, 0.29) is 25.3 Å². The Morgan fingerprint density at radius 1 is 1.09 bits per heavy atom. The van der Waals surface area contributed by atoms with Crippen LogP contribution in [0.15, 0.2) is 48.8 Å². The first-order valence-electron chi connectivity index (χ1n) is 18.9. The molecule has 2 aromatic heterocycles. The molecule has 2 aliphatic carbocycles. The van der Waals surface area contributed by atoms with Crippen LogP contribution in [0.2, 0.25) is 0 Å². The van der Waals surface area contributed by atoms with Crippen LogP contribution in [0, 0.1) is 12.8 Å². The molecule has 2 saturated carbocycles. The minimum Gasteiger partial charge on any atom is -0.497 e. The van der Waals surface area contributed by atoms with E-state index < -0.39 is 55.7 Å². The number of allylic oxidation sites excluding steroid dienone is 1. The number of nitrogens with one attached hydrogen (secondary N) is 3. The average molecular weight is 758 g/mol. The van der Waals surface area contributed by atoms with E-state index in [0.717, 1.165) is 42.1 Å². The van der Waals surface area contributed by atoms with E-state index >= 15 is 0 Å². The topological polar surface area (TPSA) is 182 Å². The van der Waals surface area contributed by atoms with Crippen LogP contribution in [0.5, 0.6) is 11.5 Å². The van der Waals surface area contributed by atoms with Crippen molar-refractivity contribution in [3.63, 3.8) is 0 Å². The van der Waals surface area contributed by atoms with E-state index in [4.69, 9.17) is 14.5 Å². The van der Waals surface area contributed by atoms with Crippen molar-refractivity contribution in [2.45, 2.75) is 112 Å². The predicted molar refractivity (Wildman–Crippen MR) is 200 cm³/mol. The highest BCUT2D eigenvalue weighted by Crippen LogP contribution is 2.49. The molecule has 15 heteroatoms. The molecule has 3 N–H and O–H groups in total. The first-order valence-corrected chi connectivity index (χ1v) is 20.4. The van der Waals surface area contributed by atoms with Crippen molar-refractivity contribution in [1.29, 1.82) is 0 Å². The first kappa shape index (κ1) is 36.2. The second-order valence-corrected chi connectivity index (χ2v) is 18.0. The molecule has 1 aromatic carbocycles. The number of carbonyl (C=O) groups is 3. The zero-order valence-electron chi connectivity index (χ0n) is 30.9. The summed E-state index contributed by atoms with van der Waals surface area (Å²) < 4.78 is 40.1. The molecular weight excluding hydrogens is 711 g/mol. The van der Waals surface area contributed by atoms with Gasteiger partial charge >= 0.3 is 0 Å². The number of methoxy groups -OCH3 is 1. The van der Waals surface area contributed by atoms with E-state index in [2.05, 4.69) is 25.3 Å². The number of aromatic nitrogens is 3. The lowest BCUT2D eigenvalue weighted by molar-refractivity contribution is -0.140. The summed E-state index contributed by atoms with van der Waals surface area (Å²) in [6.07, 6.45) is 13.3. The van der Waals surface area contributed by atoms with Gasteiger partial charge in [0.15, 0.2) is 0 Å². The summed E-state index contributed by atoms with van der Waals surface area (Å²) in [5, 5.41) is 7.15. The lowest BCUT2D eigenvalue weighted by Gasteiger charge is -2.36. The summed E-state index contributed by atoms with van der Waals surface area (Å²) >= 11 is 0. The summed E-state index contributed by atoms with van der Waals surface area (Å²) in [6, 6.07) is 5.71. The van der Waals surface area contributed by atoms with Crippen LogP contribution in [-0.4, -0.2) is 87.6 Å². The monoisotopic (exact) mass is 757 g/mol. The highest BCUT2D eigenvalue weighted by molar-refractivity contribution is 7.91. The summed E-state index contributed by atoms with van der Waals surface area (Å²) in [5.41, 5.74) is 0.135. The number of nitrogens with zero attached hydrogens (tertiary/aromatic N) is 4. The van der Waals surface area contributed by atoms with E-state index in [1.807, 2.05) is 37.3 Å².